The lowest BCUT2D eigenvalue weighted by Gasteiger charge is -2.02. The molecular formula is C11H12N2O2S2. The molecule has 1 aromatic carbocycles. The minimum atomic E-state index is -1.06. The van der Waals surface area contributed by atoms with Crippen molar-refractivity contribution in [3.8, 4) is 0 Å². The lowest BCUT2D eigenvalue weighted by atomic mass is 10.3. The van der Waals surface area contributed by atoms with Crippen LogP contribution in [0.25, 0.3) is 10.2 Å². The van der Waals surface area contributed by atoms with Crippen molar-refractivity contribution < 1.29 is 8.95 Å². The largest absolute Gasteiger partial charge is 0.399 e. The van der Waals surface area contributed by atoms with Crippen molar-refractivity contribution in [2.75, 3.05) is 18.9 Å². The summed E-state index contributed by atoms with van der Waals surface area (Å²) < 4.78 is 19.2. The van der Waals surface area contributed by atoms with Gasteiger partial charge < -0.3 is 10.5 Å². The van der Waals surface area contributed by atoms with Crippen LogP contribution < -0.4 is 5.73 Å². The minimum absolute atomic E-state index is 0.0907. The van der Waals surface area contributed by atoms with E-state index in [2.05, 4.69) is 4.98 Å². The Hall–Kier alpha value is -0.980. The Labute approximate surface area is 105 Å². The molecule has 4 nitrogen and oxygen atoms in total. The average molecular weight is 268 g/mol. The predicted molar refractivity (Wildman–Crippen MR) is 69.7 cm³/mol. The van der Waals surface area contributed by atoms with Gasteiger partial charge in [0.1, 0.15) is 0 Å². The van der Waals surface area contributed by atoms with Crippen molar-refractivity contribution >= 4 is 38.0 Å². The molecule has 0 saturated carbocycles. The van der Waals surface area contributed by atoms with Crippen LogP contribution in [0.4, 0.5) is 5.69 Å². The third-order valence-corrected chi connectivity index (χ3v) is 5.72. The molecule has 2 atom stereocenters. The van der Waals surface area contributed by atoms with E-state index in [-0.39, 0.29) is 5.25 Å². The number of benzene rings is 1. The summed E-state index contributed by atoms with van der Waals surface area (Å²) in [5.41, 5.74) is 7.29. The molecule has 3 rings (SSSR count). The first kappa shape index (κ1) is 11.1. The molecule has 0 spiro atoms. The van der Waals surface area contributed by atoms with Crippen LogP contribution in [0.2, 0.25) is 0 Å². The van der Waals surface area contributed by atoms with Gasteiger partial charge in [-0.1, -0.05) is 0 Å². The molecule has 0 amide bonds. The van der Waals surface area contributed by atoms with Gasteiger partial charge in [0.05, 0.1) is 32.9 Å². The van der Waals surface area contributed by atoms with Gasteiger partial charge in [0, 0.05) is 12.3 Å². The van der Waals surface area contributed by atoms with Gasteiger partial charge in [-0.25, -0.2) is 4.98 Å². The van der Waals surface area contributed by atoms with Gasteiger partial charge in [0.15, 0.2) is 4.34 Å². The molecule has 1 aromatic heterocycles. The van der Waals surface area contributed by atoms with Crippen molar-refractivity contribution in [2.45, 2.75) is 16.0 Å². The Bertz CT molecular complexity index is 576. The van der Waals surface area contributed by atoms with Gasteiger partial charge in [0.25, 0.3) is 0 Å². The minimum Gasteiger partial charge on any atom is -0.399 e. The number of nitrogens with two attached hydrogens (primary N) is 1. The number of anilines is 1. The smallest absolute Gasteiger partial charge is 0.182 e. The van der Waals surface area contributed by atoms with Gasteiger partial charge in [-0.15, -0.1) is 11.3 Å². The average Bonchev–Trinajstić information content (AvgIpc) is 2.96. The summed E-state index contributed by atoms with van der Waals surface area (Å²) in [6.07, 6.45) is 0.852. The zero-order valence-corrected chi connectivity index (χ0v) is 10.7. The Morgan fingerprint density at radius 3 is 3.18 bits per heavy atom. The molecule has 6 heteroatoms. The maximum Gasteiger partial charge on any atom is 0.182 e. The van der Waals surface area contributed by atoms with E-state index in [1.807, 2.05) is 18.2 Å². The van der Waals surface area contributed by atoms with E-state index in [4.69, 9.17) is 10.5 Å². The van der Waals surface area contributed by atoms with Crippen molar-refractivity contribution in [1.29, 1.82) is 0 Å². The summed E-state index contributed by atoms with van der Waals surface area (Å²) in [5, 5.41) is 0.0907. The maximum atomic E-state index is 12.2. The quantitative estimate of drug-likeness (QED) is 0.843. The number of hydrogen-bond acceptors (Lipinski definition) is 5. The summed E-state index contributed by atoms with van der Waals surface area (Å²) in [4.78, 5) is 4.41. The highest BCUT2D eigenvalue weighted by Gasteiger charge is 2.25. The zero-order chi connectivity index (χ0) is 11.8. The van der Waals surface area contributed by atoms with E-state index < -0.39 is 10.8 Å². The van der Waals surface area contributed by atoms with Gasteiger partial charge >= 0.3 is 0 Å². The van der Waals surface area contributed by atoms with Crippen LogP contribution in [0, 0.1) is 0 Å². The van der Waals surface area contributed by atoms with Gasteiger partial charge in [-0.2, -0.15) is 0 Å². The summed E-state index contributed by atoms with van der Waals surface area (Å²) in [5.74, 6) is 0. The number of nitrogen functional groups attached to an aromatic ring is 1. The number of hydrogen-bond donors (Lipinski definition) is 1. The van der Waals surface area contributed by atoms with Crippen LogP contribution in [-0.2, 0) is 15.5 Å². The van der Waals surface area contributed by atoms with Crippen LogP contribution in [0.1, 0.15) is 6.42 Å². The monoisotopic (exact) mass is 268 g/mol. The molecule has 1 fully saturated rings. The fraction of sp³-hybridized carbons (Fsp3) is 0.364. The number of aromatic nitrogens is 1. The highest BCUT2D eigenvalue weighted by Crippen LogP contribution is 2.28. The lowest BCUT2D eigenvalue weighted by Crippen LogP contribution is -2.14. The van der Waals surface area contributed by atoms with E-state index >= 15 is 0 Å². The summed E-state index contributed by atoms with van der Waals surface area (Å²) in [6, 6.07) is 5.55. The second-order valence-corrected chi connectivity index (χ2v) is 6.93. The molecule has 2 unspecified atom stereocenters. The van der Waals surface area contributed by atoms with Crippen LogP contribution in [-0.4, -0.2) is 27.7 Å². The normalized spacial score (nSPS) is 22.0. The lowest BCUT2D eigenvalue weighted by molar-refractivity contribution is 0.199. The van der Waals surface area contributed by atoms with Gasteiger partial charge in [-0.3, -0.25) is 4.21 Å². The summed E-state index contributed by atoms with van der Waals surface area (Å²) in [6.45, 7) is 1.28. The number of thiazole rings is 1. The third-order valence-electron chi connectivity index (χ3n) is 2.76. The Balaban J connectivity index is 1.97. The molecule has 2 N–H and O–H groups in total. The highest BCUT2D eigenvalue weighted by atomic mass is 32.2. The third kappa shape index (κ3) is 2.08. The highest BCUT2D eigenvalue weighted by molar-refractivity contribution is 7.88. The maximum absolute atomic E-state index is 12.2. The van der Waals surface area contributed by atoms with Crippen LogP contribution in [0.15, 0.2) is 22.5 Å². The fourth-order valence-corrected chi connectivity index (χ4v) is 4.59. The molecule has 2 aromatic rings. The van der Waals surface area contributed by atoms with Gasteiger partial charge in [0.2, 0.25) is 0 Å². The fourth-order valence-electron chi connectivity index (χ4n) is 1.83. The number of rotatable bonds is 2. The molecule has 1 saturated heterocycles. The van der Waals surface area contributed by atoms with Crippen molar-refractivity contribution in [3.63, 3.8) is 0 Å². The molecule has 0 radical (unpaired) electrons. The molecule has 17 heavy (non-hydrogen) atoms. The molecule has 90 valence electrons. The van der Waals surface area contributed by atoms with E-state index in [9.17, 15) is 4.21 Å². The molecule has 1 aliphatic rings. The van der Waals surface area contributed by atoms with Crippen LogP contribution >= 0.6 is 11.3 Å². The molecule has 0 aliphatic carbocycles. The Morgan fingerprint density at radius 1 is 1.53 bits per heavy atom. The Morgan fingerprint density at radius 2 is 2.41 bits per heavy atom. The SMILES string of the molecule is Nc1ccc2nc(S(=O)C3CCOC3)sc2c1. The van der Waals surface area contributed by atoms with Crippen molar-refractivity contribution in [3.05, 3.63) is 18.2 Å². The van der Waals surface area contributed by atoms with E-state index in [1.165, 1.54) is 11.3 Å². The summed E-state index contributed by atoms with van der Waals surface area (Å²) in [7, 11) is -1.06. The molecule has 0 bridgehead atoms. The Kier molecular flexibility index (Phi) is 2.85. The van der Waals surface area contributed by atoms with Gasteiger partial charge in [-0.05, 0) is 24.6 Å². The van der Waals surface area contributed by atoms with Crippen LogP contribution in [0.3, 0.4) is 0 Å². The number of fused-ring (bicyclic) bond motifs is 1. The predicted octanol–water partition coefficient (Wildman–Crippen LogP) is 1.77. The van der Waals surface area contributed by atoms with Crippen molar-refractivity contribution in [1.82, 2.24) is 4.98 Å². The first-order valence-electron chi connectivity index (χ1n) is 5.38. The molecular weight excluding hydrogens is 256 g/mol. The second kappa shape index (κ2) is 4.36. The topological polar surface area (TPSA) is 65.2 Å². The van der Waals surface area contributed by atoms with E-state index in [0.29, 0.717) is 23.2 Å². The first-order valence-corrected chi connectivity index (χ1v) is 7.41. The number of nitrogens with zero attached hydrogens (tertiary/aromatic N) is 1. The van der Waals surface area contributed by atoms with E-state index in [0.717, 1.165) is 16.6 Å². The van der Waals surface area contributed by atoms with Crippen LogP contribution in [0.5, 0.6) is 0 Å². The standard InChI is InChI=1S/C11H12N2O2S2/c12-7-1-2-9-10(5-7)16-11(13-9)17(14)8-3-4-15-6-8/h1-2,5,8H,3-4,6,12H2. The zero-order valence-electron chi connectivity index (χ0n) is 9.09. The number of ether oxygens (including phenoxy) is 1. The first-order chi connectivity index (χ1) is 8.24. The summed E-state index contributed by atoms with van der Waals surface area (Å²) >= 11 is 1.46. The molecule has 1 aliphatic heterocycles. The second-order valence-electron chi connectivity index (χ2n) is 3.99. The van der Waals surface area contributed by atoms with E-state index in [1.54, 1.807) is 0 Å². The molecule has 2 heterocycles. The van der Waals surface area contributed by atoms with Crippen molar-refractivity contribution in [2.24, 2.45) is 0 Å².